The molecule has 0 aliphatic carbocycles. The zero-order valence-electron chi connectivity index (χ0n) is 11.7. The summed E-state index contributed by atoms with van der Waals surface area (Å²) in [6.07, 6.45) is 0.984. The van der Waals surface area contributed by atoms with Crippen molar-refractivity contribution in [2.24, 2.45) is 0 Å². The molecule has 0 radical (unpaired) electrons. The average molecular weight is 279 g/mol. The molecule has 1 aromatic carbocycles. The van der Waals surface area contributed by atoms with E-state index in [1.54, 1.807) is 4.90 Å². The summed E-state index contributed by atoms with van der Waals surface area (Å²) >= 11 is 0. The van der Waals surface area contributed by atoms with Crippen LogP contribution in [0.4, 0.5) is 0 Å². The summed E-state index contributed by atoms with van der Waals surface area (Å²) in [5.41, 5.74) is 0. The Morgan fingerprint density at radius 3 is 2.50 bits per heavy atom. The highest BCUT2D eigenvalue weighted by Gasteiger charge is 2.12. The Labute approximate surface area is 119 Å². The first-order valence-corrected chi connectivity index (χ1v) is 6.81. The Balaban J connectivity index is 2.22. The number of hydrogen-bond donors (Lipinski definition) is 1. The van der Waals surface area contributed by atoms with Crippen LogP contribution in [-0.2, 0) is 9.59 Å². The third kappa shape index (κ3) is 6.22. The molecule has 1 aromatic rings. The highest BCUT2D eigenvalue weighted by Crippen LogP contribution is 2.09. The molecular weight excluding hydrogens is 258 g/mol. The number of aliphatic carboxylic acids is 1. The highest BCUT2D eigenvalue weighted by molar-refractivity contribution is 5.77. The monoisotopic (exact) mass is 279 g/mol. The zero-order valence-corrected chi connectivity index (χ0v) is 11.7. The molecule has 0 aliphatic rings. The fourth-order valence-corrected chi connectivity index (χ4v) is 1.78. The highest BCUT2D eigenvalue weighted by atomic mass is 16.5. The normalized spacial score (nSPS) is 10.1. The fraction of sp³-hybridized carbons (Fsp3) is 0.467. The molecule has 0 unspecified atom stereocenters. The lowest BCUT2D eigenvalue weighted by Crippen LogP contribution is -2.32. The van der Waals surface area contributed by atoms with E-state index >= 15 is 0 Å². The van der Waals surface area contributed by atoms with Gasteiger partial charge in [0, 0.05) is 19.5 Å². The van der Waals surface area contributed by atoms with Gasteiger partial charge in [-0.2, -0.15) is 0 Å². The first-order valence-electron chi connectivity index (χ1n) is 6.81. The molecule has 1 rings (SSSR count). The van der Waals surface area contributed by atoms with E-state index in [1.807, 2.05) is 37.3 Å². The van der Waals surface area contributed by atoms with E-state index < -0.39 is 5.97 Å². The van der Waals surface area contributed by atoms with Crippen molar-refractivity contribution in [3.63, 3.8) is 0 Å². The molecule has 1 N–H and O–H groups in total. The molecule has 5 heteroatoms. The van der Waals surface area contributed by atoms with Crippen molar-refractivity contribution < 1.29 is 19.4 Å². The maximum absolute atomic E-state index is 11.9. The van der Waals surface area contributed by atoms with Gasteiger partial charge in [-0.1, -0.05) is 18.2 Å². The van der Waals surface area contributed by atoms with Crippen LogP contribution in [0.25, 0.3) is 0 Å². The van der Waals surface area contributed by atoms with Gasteiger partial charge >= 0.3 is 5.97 Å². The van der Waals surface area contributed by atoms with Crippen LogP contribution in [0.15, 0.2) is 30.3 Å². The lowest BCUT2D eigenvalue weighted by atomic mass is 10.2. The first-order chi connectivity index (χ1) is 9.63. The number of nitrogens with zero attached hydrogens (tertiary/aromatic N) is 1. The molecule has 0 aliphatic heterocycles. The Morgan fingerprint density at radius 2 is 1.90 bits per heavy atom. The molecule has 0 aromatic heterocycles. The molecule has 0 heterocycles. The topological polar surface area (TPSA) is 66.8 Å². The van der Waals surface area contributed by atoms with Crippen LogP contribution in [0, 0.1) is 0 Å². The molecule has 0 fully saturated rings. The van der Waals surface area contributed by atoms with Crippen LogP contribution in [0.5, 0.6) is 5.75 Å². The lowest BCUT2D eigenvalue weighted by molar-refractivity contribution is -0.138. The summed E-state index contributed by atoms with van der Waals surface area (Å²) in [5, 5.41) is 8.62. The van der Waals surface area contributed by atoms with Crippen molar-refractivity contribution in [2.45, 2.75) is 26.2 Å². The van der Waals surface area contributed by atoms with Gasteiger partial charge in [-0.15, -0.1) is 0 Å². The molecule has 0 atom stereocenters. The molecule has 1 amide bonds. The molecule has 0 saturated carbocycles. The van der Waals surface area contributed by atoms with Crippen LogP contribution in [-0.4, -0.2) is 41.6 Å². The van der Waals surface area contributed by atoms with Crippen LogP contribution >= 0.6 is 0 Å². The van der Waals surface area contributed by atoms with Gasteiger partial charge in [-0.3, -0.25) is 9.59 Å². The molecule has 5 nitrogen and oxygen atoms in total. The van der Waals surface area contributed by atoms with Gasteiger partial charge in [0.05, 0.1) is 13.0 Å². The zero-order chi connectivity index (χ0) is 14.8. The van der Waals surface area contributed by atoms with E-state index in [0.29, 0.717) is 26.0 Å². The van der Waals surface area contributed by atoms with E-state index in [0.717, 1.165) is 5.75 Å². The summed E-state index contributed by atoms with van der Waals surface area (Å²) in [4.78, 5) is 23.9. The number of carboxylic acid groups (broad SMARTS) is 1. The molecule has 20 heavy (non-hydrogen) atoms. The minimum Gasteiger partial charge on any atom is -0.494 e. The minimum absolute atomic E-state index is 0.0138. The van der Waals surface area contributed by atoms with E-state index in [-0.39, 0.29) is 18.9 Å². The number of carboxylic acids is 1. The largest absolute Gasteiger partial charge is 0.494 e. The number of para-hydroxylation sites is 1. The van der Waals surface area contributed by atoms with E-state index in [9.17, 15) is 9.59 Å². The average Bonchev–Trinajstić information content (AvgIpc) is 2.45. The van der Waals surface area contributed by atoms with E-state index in [2.05, 4.69) is 0 Å². The van der Waals surface area contributed by atoms with Crippen LogP contribution in [0.3, 0.4) is 0 Å². The molecular formula is C15H21NO4. The smallest absolute Gasteiger partial charge is 0.305 e. The Morgan fingerprint density at radius 1 is 1.20 bits per heavy atom. The standard InChI is InChI=1S/C15H21NO4/c1-2-16(11-10-15(18)19)14(17)9-6-12-20-13-7-4-3-5-8-13/h3-5,7-8H,2,6,9-12H2,1H3,(H,18,19). The van der Waals surface area contributed by atoms with Gasteiger partial charge < -0.3 is 14.7 Å². The Hall–Kier alpha value is -2.04. The van der Waals surface area contributed by atoms with Crippen molar-refractivity contribution in [3.05, 3.63) is 30.3 Å². The number of hydrogen-bond acceptors (Lipinski definition) is 3. The van der Waals surface area contributed by atoms with Gasteiger partial charge in [-0.25, -0.2) is 0 Å². The predicted molar refractivity (Wildman–Crippen MR) is 75.7 cm³/mol. The second kappa shape index (κ2) is 8.96. The van der Waals surface area contributed by atoms with Gasteiger partial charge in [-0.05, 0) is 25.5 Å². The van der Waals surface area contributed by atoms with Crippen LogP contribution < -0.4 is 4.74 Å². The Kier molecular flexibility index (Phi) is 7.17. The number of amides is 1. The number of carbonyl (C=O) groups is 2. The third-order valence-corrected chi connectivity index (χ3v) is 2.88. The Bertz CT molecular complexity index is 419. The van der Waals surface area contributed by atoms with E-state index in [1.165, 1.54) is 0 Å². The van der Waals surface area contributed by atoms with Gasteiger partial charge in [0.1, 0.15) is 5.75 Å². The van der Waals surface area contributed by atoms with E-state index in [4.69, 9.17) is 9.84 Å². The lowest BCUT2D eigenvalue weighted by Gasteiger charge is -2.19. The summed E-state index contributed by atoms with van der Waals surface area (Å²) in [5.74, 6) is -0.118. The summed E-state index contributed by atoms with van der Waals surface area (Å²) in [7, 11) is 0. The fourth-order valence-electron chi connectivity index (χ4n) is 1.78. The van der Waals surface area contributed by atoms with Gasteiger partial charge in [0.2, 0.25) is 5.91 Å². The second-order valence-corrected chi connectivity index (χ2v) is 4.38. The van der Waals surface area contributed by atoms with Crippen LogP contribution in [0.1, 0.15) is 26.2 Å². The molecule has 0 bridgehead atoms. The molecule has 0 saturated heterocycles. The predicted octanol–water partition coefficient (Wildman–Crippen LogP) is 2.17. The number of ether oxygens (including phenoxy) is 1. The van der Waals surface area contributed by atoms with Crippen molar-refractivity contribution >= 4 is 11.9 Å². The third-order valence-electron chi connectivity index (χ3n) is 2.88. The summed E-state index contributed by atoms with van der Waals surface area (Å²) in [6.45, 7) is 3.13. The molecule has 0 spiro atoms. The first kappa shape index (κ1) is 16.0. The van der Waals surface area contributed by atoms with Crippen molar-refractivity contribution in [1.29, 1.82) is 0 Å². The van der Waals surface area contributed by atoms with Crippen molar-refractivity contribution in [3.8, 4) is 5.75 Å². The van der Waals surface area contributed by atoms with Crippen molar-refractivity contribution in [2.75, 3.05) is 19.7 Å². The quantitative estimate of drug-likeness (QED) is 0.703. The summed E-state index contributed by atoms with van der Waals surface area (Å²) < 4.78 is 5.50. The minimum atomic E-state index is -0.885. The second-order valence-electron chi connectivity index (χ2n) is 4.38. The van der Waals surface area contributed by atoms with Crippen LogP contribution in [0.2, 0.25) is 0 Å². The maximum Gasteiger partial charge on any atom is 0.305 e. The number of rotatable bonds is 9. The van der Waals surface area contributed by atoms with Crippen molar-refractivity contribution in [1.82, 2.24) is 4.90 Å². The van der Waals surface area contributed by atoms with Gasteiger partial charge in [0.15, 0.2) is 0 Å². The van der Waals surface area contributed by atoms with Gasteiger partial charge in [0.25, 0.3) is 0 Å². The number of carbonyl (C=O) groups excluding carboxylic acids is 1. The number of benzene rings is 1. The summed E-state index contributed by atoms with van der Waals surface area (Å²) in [6, 6.07) is 9.44. The molecule has 110 valence electrons. The SMILES string of the molecule is CCN(CCC(=O)O)C(=O)CCCOc1ccccc1. The maximum atomic E-state index is 11.9.